The highest BCUT2D eigenvalue weighted by Crippen LogP contribution is 2.38. The average Bonchev–Trinajstić information content (AvgIpc) is 2.93. The highest BCUT2D eigenvalue weighted by Gasteiger charge is 2.14. The number of halogens is 3. The molecule has 1 nitrogen and oxygen atoms in total. The molecule has 0 amide bonds. The second kappa shape index (κ2) is 6.37. The maximum atomic E-state index is 5.96. The first-order valence-corrected chi connectivity index (χ1v) is 8.35. The SMILES string of the molecule is ClCc1nc(-c2ccc(Cl)cc2)c(-c2ccc(Cl)cc2)s1. The predicted molar refractivity (Wildman–Crippen MR) is 92.6 cm³/mol. The summed E-state index contributed by atoms with van der Waals surface area (Å²) in [6, 6.07) is 15.4. The lowest BCUT2D eigenvalue weighted by molar-refractivity contribution is 1.26. The Morgan fingerprint density at radius 3 is 1.86 bits per heavy atom. The number of alkyl halides is 1. The molecule has 0 aliphatic heterocycles. The van der Waals surface area contributed by atoms with Gasteiger partial charge in [-0.25, -0.2) is 4.98 Å². The molecular formula is C16H10Cl3NS. The Balaban J connectivity index is 2.13. The molecule has 0 aliphatic rings. The first-order valence-electron chi connectivity index (χ1n) is 6.25. The van der Waals surface area contributed by atoms with Crippen LogP contribution < -0.4 is 0 Å². The fourth-order valence-electron chi connectivity index (χ4n) is 2.02. The minimum Gasteiger partial charge on any atom is -0.239 e. The Morgan fingerprint density at radius 2 is 1.33 bits per heavy atom. The lowest BCUT2D eigenvalue weighted by Gasteiger charge is -2.03. The van der Waals surface area contributed by atoms with Crippen LogP contribution in [0.3, 0.4) is 0 Å². The van der Waals surface area contributed by atoms with Crippen LogP contribution in [0.4, 0.5) is 0 Å². The summed E-state index contributed by atoms with van der Waals surface area (Å²) in [6.45, 7) is 0. The number of hydrogen-bond acceptors (Lipinski definition) is 2. The van der Waals surface area contributed by atoms with Crippen molar-refractivity contribution in [3.63, 3.8) is 0 Å². The summed E-state index contributed by atoms with van der Waals surface area (Å²) in [5.74, 6) is 0.402. The molecule has 3 rings (SSSR count). The summed E-state index contributed by atoms with van der Waals surface area (Å²) >= 11 is 19.5. The van der Waals surface area contributed by atoms with Crippen molar-refractivity contribution in [3.8, 4) is 21.7 Å². The molecule has 0 spiro atoms. The van der Waals surface area contributed by atoms with Crippen LogP contribution in [0.5, 0.6) is 0 Å². The molecule has 0 atom stereocenters. The van der Waals surface area contributed by atoms with Crippen molar-refractivity contribution in [2.24, 2.45) is 0 Å². The number of rotatable bonds is 3. The van der Waals surface area contributed by atoms with Crippen LogP contribution in [-0.4, -0.2) is 4.98 Å². The average molecular weight is 355 g/mol. The van der Waals surface area contributed by atoms with E-state index in [1.54, 1.807) is 11.3 Å². The second-order valence-electron chi connectivity index (χ2n) is 4.43. The zero-order valence-corrected chi connectivity index (χ0v) is 13.9. The largest absolute Gasteiger partial charge is 0.239 e. The molecule has 3 aromatic rings. The minimum absolute atomic E-state index is 0.402. The zero-order chi connectivity index (χ0) is 14.8. The number of nitrogens with zero attached hydrogens (tertiary/aromatic N) is 1. The van der Waals surface area contributed by atoms with E-state index in [0.29, 0.717) is 15.9 Å². The molecule has 0 bridgehead atoms. The van der Waals surface area contributed by atoms with E-state index in [4.69, 9.17) is 34.8 Å². The molecule has 1 aromatic heterocycles. The van der Waals surface area contributed by atoms with Gasteiger partial charge in [-0.3, -0.25) is 0 Å². The van der Waals surface area contributed by atoms with Gasteiger partial charge >= 0.3 is 0 Å². The van der Waals surface area contributed by atoms with Crippen molar-refractivity contribution in [3.05, 3.63) is 63.6 Å². The Bertz CT molecular complexity index is 685. The zero-order valence-electron chi connectivity index (χ0n) is 10.8. The van der Waals surface area contributed by atoms with Gasteiger partial charge in [0.05, 0.1) is 16.5 Å². The Labute approximate surface area is 142 Å². The van der Waals surface area contributed by atoms with E-state index < -0.39 is 0 Å². The Hall–Kier alpha value is -1.06. The van der Waals surface area contributed by atoms with Crippen molar-refractivity contribution in [2.75, 3.05) is 0 Å². The van der Waals surface area contributed by atoms with E-state index in [1.807, 2.05) is 48.5 Å². The molecule has 0 N–H and O–H groups in total. The molecule has 21 heavy (non-hydrogen) atoms. The van der Waals surface area contributed by atoms with E-state index in [9.17, 15) is 0 Å². The maximum absolute atomic E-state index is 5.96. The van der Waals surface area contributed by atoms with Crippen molar-refractivity contribution in [1.29, 1.82) is 0 Å². The van der Waals surface area contributed by atoms with Gasteiger partial charge in [-0.15, -0.1) is 22.9 Å². The molecular weight excluding hydrogens is 345 g/mol. The van der Waals surface area contributed by atoms with Crippen LogP contribution in [0, 0.1) is 0 Å². The van der Waals surface area contributed by atoms with Crippen molar-refractivity contribution >= 4 is 46.1 Å². The van der Waals surface area contributed by atoms with Gasteiger partial charge in [0, 0.05) is 15.6 Å². The molecule has 0 radical (unpaired) electrons. The quantitative estimate of drug-likeness (QED) is 0.488. The van der Waals surface area contributed by atoms with Crippen LogP contribution in [-0.2, 0) is 5.88 Å². The summed E-state index contributed by atoms with van der Waals surface area (Å²) < 4.78 is 0. The third-order valence-corrected chi connectivity index (χ3v) is 5.03. The molecule has 5 heteroatoms. The molecule has 0 unspecified atom stereocenters. The highest BCUT2D eigenvalue weighted by molar-refractivity contribution is 7.15. The fourth-order valence-corrected chi connectivity index (χ4v) is 3.44. The molecule has 1 heterocycles. The standard InChI is InChI=1S/C16H10Cl3NS/c17-9-14-20-15(10-1-5-12(18)6-2-10)16(21-14)11-3-7-13(19)8-4-11/h1-8H,9H2. The predicted octanol–water partition coefficient (Wildman–Crippen LogP) is 6.52. The lowest BCUT2D eigenvalue weighted by Crippen LogP contribution is -1.83. The fraction of sp³-hybridized carbons (Fsp3) is 0.0625. The summed E-state index contributed by atoms with van der Waals surface area (Å²) in [6.07, 6.45) is 0. The molecule has 0 saturated heterocycles. The molecule has 0 aliphatic carbocycles. The van der Waals surface area contributed by atoms with E-state index in [0.717, 1.165) is 26.7 Å². The van der Waals surface area contributed by atoms with E-state index >= 15 is 0 Å². The number of benzene rings is 2. The normalized spacial score (nSPS) is 10.8. The second-order valence-corrected chi connectivity index (χ2v) is 6.66. The minimum atomic E-state index is 0.402. The summed E-state index contributed by atoms with van der Waals surface area (Å²) in [4.78, 5) is 5.73. The molecule has 0 saturated carbocycles. The van der Waals surface area contributed by atoms with Crippen LogP contribution >= 0.6 is 46.1 Å². The summed E-state index contributed by atoms with van der Waals surface area (Å²) in [5, 5.41) is 2.32. The Kier molecular flexibility index (Phi) is 4.51. The van der Waals surface area contributed by atoms with Crippen LogP contribution in [0.2, 0.25) is 10.0 Å². The van der Waals surface area contributed by atoms with Gasteiger partial charge in [0.2, 0.25) is 0 Å². The van der Waals surface area contributed by atoms with E-state index in [2.05, 4.69) is 4.98 Å². The van der Waals surface area contributed by atoms with Crippen LogP contribution in [0.25, 0.3) is 21.7 Å². The first-order chi connectivity index (χ1) is 10.2. The van der Waals surface area contributed by atoms with Gasteiger partial charge in [-0.2, -0.15) is 0 Å². The first kappa shape index (κ1) is 14.9. The van der Waals surface area contributed by atoms with Crippen LogP contribution in [0.1, 0.15) is 5.01 Å². The van der Waals surface area contributed by atoms with Gasteiger partial charge in [0.15, 0.2) is 0 Å². The van der Waals surface area contributed by atoms with Gasteiger partial charge in [0.1, 0.15) is 5.01 Å². The maximum Gasteiger partial charge on any atom is 0.109 e. The number of aromatic nitrogens is 1. The van der Waals surface area contributed by atoms with Gasteiger partial charge in [-0.1, -0.05) is 47.5 Å². The molecule has 0 fully saturated rings. The monoisotopic (exact) mass is 353 g/mol. The van der Waals surface area contributed by atoms with Gasteiger partial charge < -0.3 is 0 Å². The molecule has 106 valence electrons. The third kappa shape index (κ3) is 3.24. The summed E-state index contributed by atoms with van der Waals surface area (Å²) in [7, 11) is 0. The Morgan fingerprint density at radius 1 is 0.810 bits per heavy atom. The van der Waals surface area contributed by atoms with E-state index in [-0.39, 0.29) is 0 Å². The van der Waals surface area contributed by atoms with Crippen molar-refractivity contribution in [2.45, 2.75) is 5.88 Å². The highest BCUT2D eigenvalue weighted by atomic mass is 35.5. The van der Waals surface area contributed by atoms with Crippen LogP contribution in [0.15, 0.2) is 48.5 Å². The van der Waals surface area contributed by atoms with Crippen molar-refractivity contribution < 1.29 is 0 Å². The number of thiazole rings is 1. The molecule has 2 aromatic carbocycles. The third-order valence-electron chi connectivity index (χ3n) is 3.01. The summed E-state index contributed by atoms with van der Waals surface area (Å²) in [5.41, 5.74) is 3.03. The topological polar surface area (TPSA) is 12.9 Å². The smallest absolute Gasteiger partial charge is 0.109 e. The number of hydrogen-bond donors (Lipinski definition) is 0. The van der Waals surface area contributed by atoms with Crippen molar-refractivity contribution in [1.82, 2.24) is 4.98 Å². The van der Waals surface area contributed by atoms with Gasteiger partial charge in [0.25, 0.3) is 0 Å². The van der Waals surface area contributed by atoms with E-state index in [1.165, 1.54) is 0 Å². The lowest BCUT2D eigenvalue weighted by atomic mass is 10.1. The van der Waals surface area contributed by atoms with Gasteiger partial charge in [-0.05, 0) is 29.8 Å².